The highest BCUT2D eigenvalue weighted by Crippen LogP contribution is 2.31. The number of hydrogen-bond donors (Lipinski definition) is 0. The monoisotopic (exact) mass is 223 g/mol. The van der Waals surface area contributed by atoms with Crippen LogP contribution in [-0.2, 0) is 0 Å². The Hall–Kier alpha value is -1.76. The van der Waals surface area contributed by atoms with E-state index in [4.69, 9.17) is 0 Å². The molecular formula is C16H17N. The van der Waals surface area contributed by atoms with Gasteiger partial charge < -0.3 is 4.57 Å². The summed E-state index contributed by atoms with van der Waals surface area (Å²) in [5.41, 5.74) is 4.00. The van der Waals surface area contributed by atoms with Crippen LogP contribution >= 0.6 is 0 Å². The van der Waals surface area contributed by atoms with Crippen LogP contribution in [0.2, 0.25) is 0 Å². The Morgan fingerprint density at radius 3 is 2.35 bits per heavy atom. The van der Waals surface area contributed by atoms with Gasteiger partial charge in [-0.25, -0.2) is 0 Å². The third kappa shape index (κ3) is 1.46. The topological polar surface area (TPSA) is 4.93 Å². The van der Waals surface area contributed by atoms with Gasteiger partial charge in [-0.3, -0.25) is 0 Å². The highest BCUT2D eigenvalue weighted by atomic mass is 15.0. The molecule has 17 heavy (non-hydrogen) atoms. The first-order valence-electron chi connectivity index (χ1n) is 6.18. The van der Waals surface area contributed by atoms with Crippen molar-refractivity contribution in [3.8, 4) is 0 Å². The van der Waals surface area contributed by atoms with E-state index in [1.54, 1.807) is 0 Å². The van der Waals surface area contributed by atoms with E-state index < -0.39 is 0 Å². The van der Waals surface area contributed by atoms with Crippen LogP contribution in [0.5, 0.6) is 0 Å². The van der Waals surface area contributed by atoms with Crippen LogP contribution in [0.25, 0.3) is 21.8 Å². The number of hydrogen-bond acceptors (Lipinski definition) is 0. The molecule has 0 aliphatic carbocycles. The molecule has 0 fully saturated rings. The summed E-state index contributed by atoms with van der Waals surface area (Å²) in [7, 11) is 0. The fourth-order valence-corrected chi connectivity index (χ4v) is 2.67. The lowest BCUT2D eigenvalue weighted by Crippen LogP contribution is -1.99. The number of benzene rings is 2. The van der Waals surface area contributed by atoms with Crippen molar-refractivity contribution in [2.45, 2.75) is 26.8 Å². The summed E-state index contributed by atoms with van der Waals surface area (Å²) in [5.74, 6) is 0. The van der Waals surface area contributed by atoms with Crippen LogP contribution in [0, 0.1) is 6.92 Å². The van der Waals surface area contributed by atoms with Gasteiger partial charge in [0.15, 0.2) is 0 Å². The highest BCUT2D eigenvalue weighted by molar-refractivity contribution is 6.08. The van der Waals surface area contributed by atoms with E-state index in [0.29, 0.717) is 6.04 Å². The van der Waals surface area contributed by atoms with Crippen molar-refractivity contribution in [2.24, 2.45) is 0 Å². The van der Waals surface area contributed by atoms with Gasteiger partial charge in [0.05, 0.1) is 0 Å². The Kier molecular flexibility index (Phi) is 2.22. The molecule has 0 spiro atoms. The van der Waals surface area contributed by atoms with Gasteiger partial charge in [-0.1, -0.05) is 29.8 Å². The Morgan fingerprint density at radius 1 is 0.882 bits per heavy atom. The summed E-state index contributed by atoms with van der Waals surface area (Å²) in [6, 6.07) is 15.9. The average molecular weight is 223 g/mol. The standard InChI is InChI=1S/C16H17N/c1-11(2)17-15-7-5-4-6-13(15)14-10-12(3)8-9-16(14)17/h4-11H,1-3H3. The van der Waals surface area contributed by atoms with Crippen molar-refractivity contribution in [1.29, 1.82) is 0 Å². The van der Waals surface area contributed by atoms with Crippen molar-refractivity contribution in [2.75, 3.05) is 0 Å². The van der Waals surface area contributed by atoms with Gasteiger partial charge >= 0.3 is 0 Å². The Balaban J connectivity index is 2.57. The summed E-state index contributed by atoms with van der Waals surface area (Å²) >= 11 is 0. The van der Waals surface area contributed by atoms with Gasteiger partial charge in [0.1, 0.15) is 0 Å². The van der Waals surface area contributed by atoms with Gasteiger partial charge in [-0.05, 0) is 39.0 Å². The van der Waals surface area contributed by atoms with Gasteiger partial charge in [-0.15, -0.1) is 0 Å². The maximum atomic E-state index is 2.42. The number of fused-ring (bicyclic) bond motifs is 3. The molecule has 0 saturated carbocycles. The molecule has 0 saturated heterocycles. The van der Waals surface area contributed by atoms with E-state index in [1.807, 2.05) is 0 Å². The van der Waals surface area contributed by atoms with Crippen LogP contribution in [0.4, 0.5) is 0 Å². The van der Waals surface area contributed by atoms with Crippen molar-refractivity contribution in [1.82, 2.24) is 4.57 Å². The molecule has 3 aromatic rings. The smallest absolute Gasteiger partial charge is 0.0493 e. The van der Waals surface area contributed by atoms with E-state index in [2.05, 4.69) is 67.8 Å². The zero-order chi connectivity index (χ0) is 12.0. The summed E-state index contributed by atoms with van der Waals surface area (Å²) in [6.07, 6.45) is 0. The Morgan fingerprint density at radius 2 is 1.59 bits per heavy atom. The van der Waals surface area contributed by atoms with Crippen LogP contribution in [0.1, 0.15) is 25.5 Å². The van der Waals surface area contributed by atoms with Crippen LogP contribution < -0.4 is 0 Å². The largest absolute Gasteiger partial charge is 0.338 e. The number of aryl methyl sites for hydroxylation is 1. The molecule has 0 atom stereocenters. The summed E-state index contributed by atoms with van der Waals surface area (Å²) < 4.78 is 2.42. The van der Waals surface area contributed by atoms with E-state index in [-0.39, 0.29) is 0 Å². The minimum atomic E-state index is 0.486. The van der Waals surface area contributed by atoms with E-state index in [1.165, 1.54) is 27.4 Å². The minimum absolute atomic E-state index is 0.486. The molecule has 1 nitrogen and oxygen atoms in total. The maximum absolute atomic E-state index is 2.42. The van der Waals surface area contributed by atoms with Crippen molar-refractivity contribution in [3.05, 3.63) is 48.0 Å². The number of aromatic nitrogens is 1. The van der Waals surface area contributed by atoms with E-state index in [9.17, 15) is 0 Å². The van der Waals surface area contributed by atoms with E-state index >= 15 is 0 Å². The first-order chi connectivity index (χ1) is 8.18. The molecule has 1 heterocycles. The molecule has 2 aromatic carbocycles. The van der Waals surface area contributed by atoms with Crippen molar-refractivity contribution < 1.29 is 0 Å². The lowest BCUT2D eigenvalue weighted by Gasteiger charge is -2.11. The van der Waals surface area contributed by atoms with Crippen molar-refractivity contribution in [3.63, 3.8) is 0 Å². The Labute approximate surface area is 102 Å². The molecule has 0 aliphatic heterocycles. The number of nitrogens with zero attached hydrogens (tertiary/aromatic N) is 1. The third-order valence-electron chi connectivity index (χ3n) is 3.38. The summed E-state index contributed by atoms with van der Waals surface area (Å²) in [4.78, 5) is 0. The van der Waals surface area contributed by atoms with Crippen LogP contribution in [0.3, 0.4) is 0 Å². The predicted molar refractivity (Wildman–Crippen MR) is 74.6 cm³/mol. The van der Waals surface area contributed by atoms with Crippen LogP contribution in [0.15, 0.2) is 42.5 Å². The zero-order valence-electron chi connectivity index (χ0n) is 10.6. The summed E-state index contributed by atoms with van der Waals surface area (Å²) in [6.45, 7) is 6.64. The molecule has 0 aliphatic rings. The zero-order valence-corrected chi connectivity index (χ0v) is 10.6. The second kappa shape index (κ2) is 3.63. The van der Waals surface area contributed by atoms with Crippen LogP contribution in [-0.4, -0.2) is 4.57 Å². The first-order valence-corrected chi connectivity index (χ1v) is 6.18. The molecule has 0 N–H and O–H groups in total. The molecule has 0 amide bonds. The maximum Gasteiger partial charge on any atom is 0.0493 e. The average Bonchev–Trinajstić information content (AvgIpc) is 2.63. The minimum Gasteiger partial charge on any atom is -0.338 e. The second-order valence-electron chi connectivity index (χ2n) is 5.00. The Bertz CT molecular complexity index is 689. The lowest BCUT2D eigenvalue weighted by molar-refractivity contribution is 0.642. The number of rotatable bonds is 1. The molecule has 86 valence electrons. The third-order valence-corrected chi connectivity index (χ3v) is 3.38. The molecule has 3 rings (SSSR count). The highest BCUT2D eigenvalue weighted by Gasteiger charge is 2.11. The first kappa shape index (κ1) is 10.4. The van der Waals surface area contributed by atoms with Gasteiger partial charge in [0.2, 0.25) is 0 Å². The van der Waals surface area contributed by atoms with Gasteiger partial charge in [-0.2, -0.15) is 0 Å². The normalized spacial score (nSPS) is 11.8. The fraction of sp³-hybridized carbons (Fsp3) is 0.250. The molecule has 1 heteroatoms. The SMILES string of the molecule is Cc1ccc2c(c1)c1ccccc1n2C(C)C. The predicted octanol–water partition coefficient (Wildman–Crippen LogP) is 4.68. The molecule has 0 unspecified atom stereocenters. The quantitative estimate of drug-likeness (QED) is 0.564. The lowest BCUT2D eigenvalue weighted by atomic mass is 10.1. The molecule has 0 bridgehead atoms. The van der Waals surface area contributed by atoms with E-state index in [0.717, 1.165) is 0 Å². The molecule has 0 radical (unpaired) electrons. The molecule has 1 aromatic heterocycles. The van der Waals surface area contributed by atoms with Crippen molar-refractivity contribution >= 4 is 21.8 Å². The second-order valence-corrected chi connectivity index (χ2v) is 5.00. The fourth-order valence-electron chi connectivity index (χ4n) is 2.67. The number of para-hydroxylation sites is 1. The molecular weight excluding hydrogens is 206 g/mol. The van der Waals surface area contributed by atoms with Gasteiger partial charge in [0, 0.05) is 27.8 Å². The van der Waals surface area contributed by atoms with Gasteiger partial charge in [0.25, 0.3) is 0 Å². The summed E-state index contributed by atoms with van der Waals surface area (Å²) in [5, 5.41) is 2.73.